The second-order valence-corrected chi connectivity index (χ2v) is 9.24. The molecular formula is C28H28N4O2S. The quantitative estimate of drug-likeness (QED) is 0.217. The number of hydrogen-bond donors (Lipinski definition) is 1. The molecule has 178 valence electrons. The number of nitrogens with zero attached hydrogens (tertiary/aromatic N) is 3. The molecule has 7 heteroatoms. The summed E-state index contributed by atoms with van der Waals surface area (Å²) >= 11 is 1.36. The number of allylic oxidation sites excluding steroid dienone is 1. The molecule has 6 nitrogen and oxygen atoms in total. The SMILES string of the molecule is C=CCn1c(COc2cccc(C)c2)nnc1SC(C(=O)Nc1ccc(C)cc1)c1ccccc1. The van der Waals surface area contributed by atoms with Gasteiger partial charge in [-0.1, -0.05) is 78.0 Å². The number of carbonyl (C=O) groups is 1. The van der Waals surface area contributed by atoms with Gasteiger partial charge in [-0.2, -0.15) is 0 Å². The van der Waals surface area contributed by atoms with Crippen molar-refractivity contribution in [3.63, 3.8) is 0 Å². The van der Waals surface area contributed by atoms with Gasteiger partial charge in [-0.25, -0.2) is 0 Å². The van der Waals surface area contributed by atoms with E-state index in [0.29, 0.717) is 17.5 Å². The van der Waals surface area contributed by atoms with E-state index in [1.807, 2.05) is 97.3 Å². The van der Waals surface area contributed by atoms with Crippen LogP contribution in [0.4, 0.5) is 5.69 Å². The summed E-state index contributed by atoms with van der Waals surface area (Å²) in [7, 11) is 0. The Morgan fingerprint density at radius 3 is 2.51 bits per heavy atom. The zero-order valence-electron chi connectivity index (χ0n) is 19.8. The molecule has 1 unspecified atom stereocenters. The van der Waals surface area contributed by atoms with Crippen LogP contribution >= 0.6 is 11.8 Å². The van der Waals surface area contributed by atoms with Gasteiger partial charge in [0.25, 0.3) is 0 Å². The average molecular weight is 485 g/mol. The van der Waals surface area contributed by atoms with Crippen LogP contribution in [0.1, 0.15) is 27.8 Å². The highest BCUT2D eigenvalue weighted by molar-refractivity contribution is 8.00. The summed E-state index contributed by atoms with van der Waals surface area (Å²) in [4.78, 5) is 13.4. The Bertz CT molecular complexity index is 1290. The van der Waals surface area contributed by atoms with Crippen LogP contribution in [0.5, 0.6) is 5.75 Å². The van der Waals surface area contributed by atoms with Gasteiger partial charge >= 0.3 is 0 Å². The number of aryl methyl sites for hydroxylation is 2. The molecule has 1 atom stereocenters. The monoisotopic (exact) mass is 484 g/mol. The number of nitrogens with one attached hydrogen (secondary N) is 1. The molecule has 0 saturated carbocycles. The lowest BCUT2D eigenvalue weighted by molar-refractivity contribution is -0.115. The van der Waals surface area contributed by atoms with E-state index in [-0.39, 0.29) is 12.5 Å². The van der Waals surface area contributed by atoms with E-state index in [1.54, 1.807) is 6.08 Å². The van der Waals surface area contributed by atoms with Crippen molar-refractivity contribution in [1.82, 2.24) is 14.8 Å². The topological polar surface area (TPSA) is 69.0 Å². The van der Waals surface area contributed by atoms with Crippen molar-refractivity contribution in [2.75, 3.05) is 5.32 Å². The van der Waals surface area contributed by atoms with Crippen molar-refractivity contribution in [3.05, 3.63) is 114 Å². The maximum Gasteiger partial charge on any atom is 0.242 e. The minimum absolute atomic E-state index is 0.129. The summed E-state index contributed by atoms with van der Waals surface area (Å²) in [5.41, 5.74) is 3.89. The third kappa shape index (κ3) is 6.39. The summed E-state index contributed by atoms with van der Waals surface area (Å²) in [5.74, 6) is 1.31. The molecule has 0 aliphatic heterocycles. The zero-order valence-corrected chi connectivity index (χ0v) is 20.7. The molecule has 0 spiro atoms. The molecule has 35 heavy (non-hydrogen) atoms. The lowest BCUT2D eigenvalue weighted by Crippen LogP contribution is -2.19. The highest BCUT2D eigenvalue weighted by atomic mass is 32.2. The van der Waals surface area contributed by atoms with E-state index in [4.69, 9.17) is 4.74 Å². The fourth-order valence-corrected chi connectivity index (χ4v) is 4.59. The number of amides is 1. The van der Waals surface area contributed by atoms with Crippen molar-refractivity contribution >= 4 is 23.4 Å². The van der Waals surface area contributed by atoms with Gasteiger partial charge in [0.15, 0.2) is 11.0 Å². The molecule has 4 aromatic rings. The van der Waals surface area contributed by atoms with Crippen LogP contribution in [0.2, 0.25) is 0 Å². The van der Waals surface area contributed by atoms with Gasteiger partial charge in [0, 0.05) is 12.2 Å². The van der Waals surface area contributed by atoms with Crippen LogP contribution in [0.25, 0.3) is 0 Å². The van der Waals surface area contributed by atoms with Crippen LogP contribution < -0.4 is 10.1 Å². The average Bonchev–Trinajstić information content (AvgIpc) is 3.24. The van der Waals surface area contributed by atoms with Gasteiger partial charge in [0.2, 0.25) is 5.91 Å². The van der Waals surface area contributed by atoms with Crippen molar-refractivity contribution in [2.24, 2.45) is 0 Å². The third-order valence-electron chi connectivity index (χ3n) is 5.35. The number of aromatic nitrogens is 3. The Morgan fingerprint density at radius 2 is 1.80 bits per heavy atom. The molecule has 0 fully saturated rings. The van der Waals surface area contributed by atoms with Crippen molar-refractivity contribution in [1.29, 1.82) is 0 Å². The molecule has 0 aliphatic carbocycles. The van der Waals surface area contributed by atoms with Gasteiger partial charge in [-0.3, -0.25) is 9.36 Å². The van der Waals surface area contributed by atoms with Crippen molar-refractivity contribution in [2.45, 2.75) is 37.4 Å². The van der Waals surface area contributed by atoms with Gasteiger partial charge in [-0.15, -0.1) is 16.8 Å². The first-order valence-corrected chi connectivity index (χ1v) is 12.2. The molecule has 1 heterocycles. The minimum Gasteiger partial charge on any atom is -0.486 e. The Labute approximate surface area is 210 Å². The predicted molar refractivity (Wildman–Crippen MR) is 141 cm³/mol. The molecule has 0 aliphatic rings. The fraction of sp³-hybridized carbons (Fsp3) is 0.179. The fourth-order valence-electron chi connectivity index (χ4n) is 3.53. The lowest BCUT2D eigenvalue weighted by Gasteiger charge is -2.17. The summed E-state index contributed by atoms with van der Waals surface area (Å²) in [6.07, 6.45) is 1.79. The minimum atomic E-state index is -0.518. The standard InChI is InChI=1S/C28H28N4O2S/c1-4-17-32-25(19-34-24-12-8-9-21(3)18-24)30-31-28(32)35-26(22-10-6-5-7-11-22)27(33)29-23-15-13-20(2)14-16-23/h4-16,18,26H,1,17,19H2,2-3H3,(H,29,33). The first-order chi connectivity index (χ1) is 17.0. The van der Waals surface area contributed by atoms with E-state index < -0.39 is 5.25 Å². The number of thioether (sulfide) groups is 1. The second kappa shape index (κ2) is 11.5. The normalized spacial score (nSPS) is 11.6. The number of hydrogen-bond acceptors (Lipinski definition) is 5. The molecule has 4 rings (SSSR count). The molecule has 0 bridgehead atoms. The van der Waals surface area contributed by atoms with E-state index in [1.165, 1.54) is 11.8 Å². The number of anilines is 1. The number of benzene rings is 3. The number of carbonyl (C=O) groups excluding carboxylic acids is 1. The first-order valence-electron chi connectivity index (χ1n) is 11.3. The summed E-state index contributed by atoms with van der Waals surface area (Å²) in [6.45, 7) is 8.68. The maximum absolute atomic E-state index is 13.4. The number of ether oxygens (including phenoxy) is 1. The van der Waals surface area contributed by atoms with E-state index in [2.05, 4.69) is 22.1 Å². The Morgan fingerprint density at radius 1 is 1.03 bits per heavy atom. The maximum atomic E-state index is 13.4. The molecule has 0 saturated heterocycles. The molecule has 1 aromatic heterocycles. The number of rotatable bonds is 10. The van der Waals surface area contributed by atoms with E-state index in [9.17, 15) is 4.79 Å². The van der Waals surface area contributed by atoms with Crippen LogP contribution in [0.15, 0.2) is 96.7 Å². The van der Waals surface area contributed by atoms with Crippen LogP contribution in [-0.2, 0) is 17.9 Å². The van der Waals surface area contributed by atoms with Crippen LogP contribution in [0, 0.1) is 13.8 Å². The molecule has 0 radical (unpaired) electrons. The molecular weight excluding hydrogens is 456 g/mol. The smallest absolute Gasteiger partial charge is 0.242 e. The predicted octanol–water partition coefficient (Wildman–Crippen LogP) is 6.13. The summed E-state index contributed by atoms with van der Waals surface area (Å²) in [5, 5.41) is 11.9. The highest BCUT2D eigenvalue weighted by Gasteiger charge is 2.26. The summed E-state index contributed by atoms with van der Waals surface area (Å²) < 4.78 is 7.89. The third-order valence-corrected chi connectivity index (χ3v) is 6.58. The molecule has 1 N–H and O–H groups in total. The lowest BCUT2D eigenvalue weighted by atomic mass is 10.1. The molecule has 1 amide bonds. The van der Waals surface area contributed by atoms with Gasteiger partial charge in [0.05, 0.1) is 0 Å². The Balaban J connectivity index is 1.57. The molecule has 3 aromatic carbocycles. The van der Waals surface area contributed by atoms with E-state index >= 15 is 0 Å². The second-order valence-electron chi connectivity index (χ2n) is 8.17. The van der Waals surface area contributed by atoms with Gasteiger partial charge in [-0.05, 0) is 49.2 Å². The van der Waals surface area contributed by atoms with E-state index in [0.717, 1.165) is 28.1 Å². The first kappa shape index (κ1) is 24.3. The largest absolute Gasteiger partial charge is 0.486 e. The van der Waals surface area contributed by atoms with Gasteiger partial charge in [0.1, 0.15) is 17.6 Å². The van der Waals surface area contributed by atoms with Crippen molar-refractivity contribution < 1.29 is 9.53 Å². The summed E-state index contributed by atoms with van der Waals surface area (Å²) in [6, 6.07) is 25.3. The van der Waals surface area contributed by atoms with Crippen molar-refractivity contribution in [3.8, 4) is 5.75 Å². The Kier molecular flexibility index (Phi) is 8.00. The van der Waals surface area contributed by atoms with Crippen LogP contribution in [0.3, 0.4) is 0 Å². The Hall–Kier alpha value is -3.84. The highest BCUT2D eigenvalue weighted by Crippen LogP contribution is 2.36. The van der Waals surface area contributed by atoms with Crippen LogP contribution in [-0.4, -0.2) is 20.7 Å². The zero-order chi connectivity index (χ0) is 24.6. The van der Waals surface area contributed by atoms with Gasteiger partial charge < -0.3 is 10.1 Å².